The van der Waals surface area contributed by atoms with E-state index in [2.05, 4.69) is 24.3 Å². The van der Waals surface area contributed by atoms with Crippen LogP contribution in [0.15, 0.2) is 66.7 Å². The molecule has 5 nitrogen and oxygen atoms in total. The Morgan fingerprint density at radius 3 is 1.65 bits per heavy atom. The second-order valence-corrected chi connectivity index (χ2v) is 8.71. The number of primary amides is 1. The van der Waals surface area contributed by atoms with E-state index in [0.29, 0.717) is 5.69 Å². The summed E-state index contributed by atoms with van der Waals surface area (Å²) in [7, 11) is 0. The summed E-state index contributed by atoms with van der Waals surface area (Å²) in [6.07, 6.45) is 0. The van der Waals surface area contributed by atoms with Crippen LogP contribution < -0.4 is 10.6 Å². The fourth-order valence-electron chi connectivity index (χ4n) is 5.77. The lowest BCUT2D eigenvalue weighted by molar-refractivity contribution is -0.122. The molecule has 1 fully saturated rings. The molecule has 3 amide bonds. The highest BCUT2D eigenvalue weighted by atomic mass is 35.5. The van der Waals surface area contributed by atoms with E-state index in [-0.39, 0.29) is 34.2 Å². The van der Waals surface area contributed by atoms with Crippen molar-refractivity contribution in [2.75, 3.05) is 4.90 Å². The third-order valence-electron chi connectivity index (χ3n) is 6.92. The second kappa shape index (κ2) is 6.28. The Hall–Kier alpha value is -3.44. The van der Waals surface area contributed by atoms with Crippen LogP contribution in [0.1, 0.15) is 44.4 Å². The van der Waals surface area contributed by atoms with Gasteiger partial charge in [0, 0.05) is 11.8 Å². The van der Waals surface area contributed by atoms with Gasteiger partial charge in [-0.05, 0) is 40.5 Å². The van der Waals surface area contributed by atoms with Gasteiger partial charge in [-0.25, -0.2) is 4.90 Å². The van der Waals surface area contributed by atoms with E-state index in [1.165, 1.54) is 17.0 Å². The maximum Gasteiger partial charge on any atom is 0.250 e. The molecule has 6 heteroatoms. The number of imide groups is 1. The van der Waals surface area contributed by atoms with Gasteiger partial charge in [-0.3, -0.25) is 14.4 Å². The fraction of sp³-hybridized carbons (Fsp3) is 0.160. The summed E-state index contributed by atoms with van der Waals surface area (Å²) in [5.41, 5.74) is 10.3. The Morgan fingerprint density at radius 2 is 1.23 bits per heavy atom. The average Bonchev–Trinajstić information content (AvgIpc) is 3.05. The summed E-state index contributed by atoms with van der Waals surface area (Å²) in [4.78, 5) is 40.3. The number of carbonyl (C=O) groups is 3. The zero-order chi connectivity index (χ0) is 21.4. The molecule has 1 heterocycles. The number of anilines is 1. The molecule has 0 spiro atoms. The second-order valence-electron chi connectivity index (χ2n) is 8.31. The Labute approximate surface area is 183 Å². The van der Waals surface area contributed by atoms with Gasteiger partial charge >= 0.3 is 0 Å². The largest absolute Gasteiger partial charge is 0.366 e. The molecule has 152 valence electrons. The summed E-state index contributed by atoms with van der Waals surface area (Å²) in [5.74, 6) is -2.50. The van der Waals surface area contributed by atoms with Crippen molar-refractivity contribution in [3.63, 3.8) is 0 Å². The van der Waals surface area contributed by atoms with E-state index in [0.717, 1.165) is 22.3 Å². The third kappa shape index (κ3) is 2.29. The van der Waals surface area contributed by atoms with E-state index in [1.54, 1.807) is 6.07 Å². The Morgan fingerprint density at radius 1 is 0.774 bits per heavy atom. The van der Waals surface area contributed by atoms with Gasteiger partial charge in [-0.1, -0.05) is 60.1 Å². The number of hydrogen-bond acceptors (Lipinski definition) is 3. The van der Waals surface area contributed by atoms with Crippen LogP contribution >= 0.6 is 11.6 Å². The van der Waals surface area contributed by atoms with Gasteiger partial charge in [-0.2, -0.15) is 0 Å². The smallest absolute Gasteiger partial charge is 0.250 e. The molecule has 4 aliphatic rings. The quantitative estimate of drug-likeness (QED) is 0.630. The summed E-state index contributed by atoms with van der Waals surface area (Å²) in [6, 6.07) is 20.7. The molecule has 7 rings (SSSR count). The molecule has 0 saturated carbocycles. The molecule has 2 N–H and O–H groups in total. The van der Waals surface area contributed by atoms with Crippen molar-refractivity contribution >= 4 is 35.0 Å². The molecule has 2 atom stereocenters. The summed E-state index contributed by atoms with van der Waals surface area (Å²) in [6.45, 7) is 0. The molecule has 0 unspecified atom stereocenters. The lowest BCUT2D eigenvalue weighted by Gasteiger charge is -2.45. The Kier molecular flexibility index (Phi) is 3.72. The zero-order valence-corrected chi connectivity index (χ0v) is 17.0. The first-order chi connectivity index (χ1) is 15.0. The van der Waals surface area contributed by atoms with E-state index in [1.807, 2.05) is 24.3 Å². The van der Waals surface area contributed by atoms with Gasteiger partial charge in [0.2, 0.25) is 17.7 Å². The molecule has 3 aliphatic carbocycles. The molecule has 3 aromatic carbocycles. The van der Waals surface area contributed by atoms with Crippen molar-refractivity contribution in [3.05, 3.63) is 99.6 Å². The lowest BCUT2D eigenvalue weighted by Crippen LogP contribution is -2.41. The number of benzene rings is 3. The van der Waals surface area contributed by atoms with Crippen LogP contribution in [0.5, 0.6) is 0 Å². The highest BCUT2D eigenvalue weighted by molar-refractivity contribution is 6.34. The van der Waals surface area contributed by atoms with Crippen LogP contribution in [0, 0.1) is 11.8 Å². The van der Waals surface area contributed by atoms with Crippen molar-refractivity contribution in [2.24, 2.45) is 17.6 Å². The predicted molar refractivity (Wildman–Crippen MR) is 116 cm³/mol. The number of halogens is 1. The SMILES string of the molecule is NC(=O)c1cc(N2C(=O)[C@@H]3C4c5ccccc5C(c5ccccc54)[C@H]3C2=O)ccc1Cl. The number of amides is 3. The predicted octanol–water partition coefficient (Wildman–Crippen LogP) is 3.84. The van der Waals surface area contributed by atoms with E-state index in [9.17, 15) is 14.4 Å². The minimum Gasteiger partial charge on any atom is -0.366 e. The maximum absolute atomic E-state index is 13.7. The zero-order valence-electron chi connectivity index (χ0n) is 16.3. The molecule has 1 aliphatic heterocycles. The topological polar surface area (TPSA) is 80.5 Å². The first-order valence-corrected chi connectivity index (χ1v) is 10.5. The van der Waals surface area contributed by atoms with Gasteiger partial charge < -0.3 is 5.73 Å². The molecule has 1 saturated heterocycles. The minimum absolute atomic E-state index is 0.0872. The number of nitrogens with zero attached hydrogens (tertiary/aromatic N) is 1. The summed E-state index contributed by atoms with van der Waals surface area (Å²) < 4.78 is 0. The Bertz CT molecular complexity index is 1200. The van der Waals surface area contributed by atoms with Crippen LogP contribution in [0.3, 0.4) is 0 Å². The van der Waals surface area contributed by atoms with Gasteiger partial charge in [0.25, 0.3) is 0 Å². The highest BCUT2D eigenvalue weighted by Gasteiger charge is 2.61. The summed E-state index contributed by atoms with van der Waals surface area (Å²) in [5, 5.41) is 0.188. The first-order valence-electron chi connectivity index (χ1n) is 10.1. The van der Waals surface area contributed by atoms with Crippen molar-refractivity contribution in [2.45, 2.75) is 11.8 Å². The number of rotatable bonds is 2. The molecule has 31 heavy (non-hydrogen) atoms. The number of hydrogen-bond donors (Lipinski definition) is 1. The minimum atomic E-state index is -0.705. The summed E-state index contributed by atoms with van der Waals surface area (Å²) >= 11 is 6.08. The van der Waals surface area contributed by atoms with Crippen LogP contribution in [-0.2, 0) is 9.59 Å². The van der Waals surface area contributed by atoms with Crippen LogP contribution in [0.2, 0.25) is 5.02 Å². The van der Waals surface area contributed by atoms with Crippen molar-refractivity contribution in [1.29, 1.82) is 0 Å². The van der Waals surface area contributed by atoms with Gasteiger partial charge in [0.15, 0.2) is 0 Å². The number of nitrogens with two attached hydrogens (primary N) is 1. The normalized spacial score (nSPS) is 25.3. The maximum atomic E-state index is 13.7. The number of carbonyl (C=O) groups excluding carboxylic acids is 3. The van der Waals surface area contributed by atoms with E-state index < -0.39 is 17.7 Å². The van der Waals surface area contributed by atoms with Gasteiger partial charge in [-0.15, -0.1) is 0 Å². The fourth-order valence-corrected chi connectivity index (χ4v) is 5.98. The third-order valence-corrected chi connectivity index (χ3v) is 7.25. The lowest BCUT2D eigenvalue weighted by atomic mass is 9.55. The van der Waals surface area contributed by atoms with Crippen LogP contribution in [-0.4, -0.2) is 17.7 Å². The van der Waals surface area contributed by atoms with E-state index in [4.69, 9.17) is 17.3 Å². The average molecular weight is 429 g/mol. The van der Waals surface area contributed by atoms with E-state index >= 15 is 0 Å². The monoisotopic (exact) mass is 428 g/mol. The Balaban J connectivity index is 1.54. The molecule has 0 aromatic heterocycles. The molecular weight excluding hydrogens is 412 g/mol. The molecule has 0 radical (unpaired) electrons. The first kappa shape index (κ1) is 18.3. The molecule has 2 bridgehead atoms. The van der Waals surface area contributed by atoms with Crippen LogP contribution in [0.4, 0.5) is 5.69 Å². The van der Waals surface area contributed by atoms with Gasteiger partial charge in [0.05, 0.1) is 28.1 Å². The van der Waals surface area contributed by atoms with Crippen molar-refractivity contribution < 1.29 is 14.4 Å². The molecular formula is C25H17ClN2O3. The molecule has 3 aromatic rings. The van der Waals surface area contributed by atoms with Crippen molar-refractivity contribution in [1.82, 2.24) is 0 Å². The van der Waals surface area contributed by atoms with Crippen molar-refractivity contribution in [3.8, 4) is 0 Å². The highest BCUT2D eigenvalue weighted by Crippen LogP contribution is 2.61. The van der Waals surface area contributed by atoms with Crippen LogP contribution in [0.25, 0.3) is 0 Å². The standard InChI is InChI=1S/C25H17ClN2O3/c26-18-10-9-12(11-17(18)23(27)29)28-24(30)21-19-13-5-1-2-6-14(13)20(22(21)25(28)31)16-8-4-3-7-15(16)19/h1-11,19-22H,(H2,27,29)/t19?,20?,21-,22-/m1/s1. The van der Waals surface area contributed by atoms with Gasteiger partial charge in [0.1, 0.15) is 0 Å².